The summed E-state index contributed by atoms with van der Waals surface area (Å²) in [5, 5.41) is 0.440. The average Bonchev–Trinajstić information content (AvgIpc) is 2.33. The first-order chi connectivity index (χ1) is 4.75. The Morgan fingerprint density at radius 2 is 2.60 bits per heavy atom. The normalized spacial score (nSPS) is 13.4. The van der Waals surface area contributed by atoms with Crippen molar-refractivity contribution in [1.29, 1.82) is 0 Å². The molecular weight excluding hydrogens is 174 g/mol. The second kappa shape index (κ2) is 3.16. The number of alkyl halides is 1. The molecule has 0 amide bonds. The van der Waals surface area contributed by atoms with E-state index in [-0.39, 0.29) is 5.88 Å². The highest BCUT2D eigenvalue weighted by atomic mass is 35.5. The summed E-state index contributed by atoms with van der Waals surface area (Å²) in [5.74, 6) is 0.706. The van der Waals surface area contributed by atoms with E-state index in [2.05, 4.69) is 4.98 Å². The lowest BCUT2D eigenvalue weighted by Crippen LogP contribution is -1.90. The molecule has 1 aromatic heterocycles. The predicted octanol–water partition coefficient (Wildman–Crippen LogP) is 1.15. The molecule has 0 spiro atoms. The molecular formula is C5H6ClNO2S. The smallest absolute Gasteiger partial charge is 0.182 e. The van der Waals surface area contributed by atoms with Crippen molar-refractivity contribution in [3.05, 3.63) is 12.2 Å². The van der Waals surface area contributed by atoms with Crippen LogP contribution in [0.25, 0.3) is 0 Å². The first-order valence-corrected chi connectivity index (χ1v) is 4.66. The molecule has 10 heavy (non-hydrogen) atoms. The molecule has 0 aliphatic rings. The van der Waals surface area contributed by atoms with Crippen molar-refractivity contribution in [2.24, 2.45) is 0 Å². The molecule has 0 saturated carbocycles. The fraction of sp³-hybridized carbons (Fsp3) is 0.400. The van der Waals surface area contributed by atoms with Gasteiger partial charge in [0.15, 0.2) is 17.2 Å². The van der Waals surface area contributed by atoms with Gasteiger partial charge in [-0.2, -0.15) is 0 Å². The standard InChI is InChI=1S/C5H6ClNO2S/c1-10(8)5-4(2-6)9-3-7-5/h3H,2H2,1H3. The lowest BCUT2D eigenvalue weighted by molar-refractivity contribution is 0.517. The highest BCUT2D eigenvalue weighted by molar-refractivity contribution is 7.84. The number of hydrogen-bond donors (Lipinski definition) is 0. The molecule has 3 nitrogen and oxygen atoms in total. The number of oxazole rings is 1. The molecule has 0 fully saturated rings. The molecule has 0 aliphatic heterocycles. The molecule has 0 saturated heterocycles. The van der Waals surface area contributed by atoms with E-state index in [1.807, 2.05) is 0 Å². The van der Waals surface area contributed by atoms with Gasteiger partial charge in [-0.15, -0.1) is 11.6 Å². The maximum Gasteiger partial charge on any atom is 0.182 e. The highest BCUT2D eigenvalue weighted by Crippen LogP contribution is 2.12. The van der Waals surface area contributed by atoms with Crippen LogP contribution in [0, 0.1) is 0 Å². The molecule has 5 heteroatoms. The van der Waals surface area contributed by atoms with Gasteiger partial charge < -0.3 is 4.42 Å². The SMILES string of the molecule is CS(=O)c1ncoc1CCl. The molecule has 0 N–H and O–H groups in total. The highest BCUT2D eigenvalue weighted by Gasteiger charge is 2.09. The van der Waals surface area contributed by atoms with E-state index >= 15 is 0 Å². The van der Waals surface area contributed by atoms with Gasteiger partial charge in [0.05, 0.1) is 16.7 Å². The van der Waals surface area contributed by atoms with E-state index in [9.17, 15) is 4.21 Å². The van der Waals surface area contributed by atoms with E-state index in [1.54, 1.807) is 0 Å². The van der Waals surface area contributed by atoms with Gasteiger partial charge in [-0.1, -0.05) is 0 Å². The minimum Gasteiger partial charge on any atom is -0.446 e. The van der Waals surface area contributed by atoms with Gasteiger partial charge in [0.2, 0.25) is 0 Å². The zero-order valence-corrected chi connectivity index (χ0v) is 6.91. The van der Waals surface area contributed by atoms with E-state index < -0.39 is 10.8 Å². The van der Waals surface area contributed by atoms with Crippen molar-refractivity contribution < 1.29 is 8.63 Å². The van der Waals surface area contributed by atoms with E-state index in [0.29, 0.717) is 10.8 Å². The number of aromatic nitrogens is 1. The largest absolute Gasteiger partial charge is 0.446 e. The van der Waals surface area contributed by atoms with Crippen molar-refractivity contribution in [3.63, 3.8) is 0 Å². The second-order valence-corrected chi connectivity index (χ2v) is 3.23. The molecule has 1 atom stereocenters. The molecule has 1 unspecified atom stereocenters. The topological polar surface area (TPSA) is 43.1 Å². The van der Waals surface area contributed by atoms with Crippen molar-refractivity contribution in [2.45, 2.75) is 10.9 Å². The molecule has 0 bridgehead atoms. The summed E-state index contributed by atoms with van der Waals surface area (Å²) < 4.78 is 15.7. The van der Waals surface area contributed by atoms with Gasteiger partial charge in [0.1, 0.15) is 0 Å². The number of rotatable bonds is 2. The maximum atomic E-state index is 10.8. The molecule has 0 aromatic carbocycles. The van der Waals surface area contributed by atoms with E-state index in [0.717, 1.165) is 0 Å². The Hall–Kier alpha value is -0.350. The molecule has 0 aliphatic carbocycles. The fourth-order valence-corrected chi connectivity index (χ4v) is 1.48. The molecule has 0 radical (unpaired) electrons. The van der Waals surface area contributed by atoms with Crippen LogP contribution in [0.4, 0.5) is 0 Å². The van der Waals surface area contributed by atoms with Gasteiger partial charge in [0.25, 0.3) is 0 Å². The summed E-state index contributed by atoms with van der Waals surface area (Å²) in [7, 11) is -1.10. The molecule has 1 rings (SSSR count). The third kappa shape index (κ3) is 1.38. The van der Waals surface area contributed by atoms with Crippen LogP contribution in [0.1, 0.15) is 5.76 Å². The van der Waals surface area contributed by atoms with Crippen molar-refractivity contribution in [1.82, 2.24) is 4.98 Å². The van der Waals surface area contributed by atoms with Crippen molar-refractivity contribution in [3.8, 4) is 0 Å². The Kier molecular flexibility index (Phi) is 2.45. The molecule has 1 heterocycles. The monoisotopic (exact) mass is 179 g/mol. The van der Waals surface area contributed by atoms with Crippen LogP contribution >= 0.6 is 11.6 Å². The molecule has 1 aromatic rings. The molecule has 56 valence electrons. The minimum atomic E-state index is -1.10. The van der Waals surface area contributed by atoms with Crippen LogP contribution in [0.5, 0.6) is 0 Å². The van der Waals surface area contributed by atoms with Gasteiger partial charge >= 0.3 is 0 Å². The van der Waals surface area contributed by atoms with Crippen molar-refractivity contribution >= 4 is 22.4 Å². The van der Waals surface area contributed by atoms with Gasteiger partial charge in [0, 0.05) is 6.26 Å². The first-order valence-electron chi connectivity index (χ1n) is 2.57. The summed E-state index contributed by atoms with van der Waals surface area (Å²) in [6, 6.07) is 0. The number of hydrogen-bond acceptors (Lipinski definition) is 3. The summed E-state index contributed by atoms with van der Waals surface area (Å²) >= 11 is 5.45. The van der Waals surface area contributed by atoms with Crippen LogP contribution in [0.2, 0.25) is 0 Å². The third-order valence-corrected chi connectivity index (χ3v) is 2.12. The Labute approximate surface area is 65.9 Å². The van der Waals surface area contributed by atoms with Crippen LogP contribution in [0.15, 0.2) is 15.8 Å². The van der Waals surface area contributed by atoms with Crippen LogP contribution in [0.3, 0.4) is 0 Å². The summed E-state index contributed by atoms with van der Waals surface area (Å²) in [6.07, 6.45) is 2.78. The minimum absolute atomic E-state index is 0.217. The number of halogens is 1. The quantitative estimate of drug-likeness (QED) is 0.640. The van der Waals surface area contributed by atoms with Gasteiger partial charge in [-0.25, -0.2) is 4.98 Å². The van der Waals surface area contributed by atoms with E-state index in [4.69, 9.17) is 16.0 Å². The lowest BCUT2D eigenvalue weighted by atomic mass is 10.6. The Morgan fingerprint density at radius 1 is 1.90 bits per heavy atom. The summed E-state index contributed by atoms with van der Waals surface area (Å²) in [4.78, 5) is 3.74. The zero-order chi connectivity index (χ0) is 7.56. The number of nitrogens with zero attached hydrogens (tertiary/aromatic N) is 1. The summed E-state index contributed by atoms with van der Waals surface area (Å²) in [6.45, 7) is 0. The fourth-order valence-electron chi connectivity index (χ4n) is 0.583. The average molecular weight is 180 g/mol. The van der Waals surface area contributed by atoms with Gasteiger partial charge in [-0.05, 0) is 0 Å². The Bertz CT molecular complexity index is 248. The first kappa shape index (κ1) is 7.75. The Balaban J connectivity index is 3.01. The lowest BCUT2D eigenvalue weighted by Gasteiger charge is -1.89. The predicted molar refractivity (Wildman–Crippen MR) is 38.4 cm³/mol. The summed E-state index contributed by atoms with van der Waals surface area (Å²) in [5.41, 5.74) is 0. The van der Waals surface area contributed by atoms with Crippen LogP contribution in [-0.2, 0) is 16.7 Å². The maximum absolute atomic E-state index is 10.8. The second-order valence-electron chi connectivity index (χ2n) is 1.67. The Morgan fingerprint density at radius 3 is 3.00 bits per heavy atom. The van der Waals surface area contributed by atoms with Crippen LogP contribution in [-0.4, -0.2) is 15.4 Å². The third-order valence-electron chi connectivity index (χ3n) is 0.997. The van der Waals surface area contributed by atoms with E-state index in [1.165, 1.54) is 12.6 Å². The zero-order valence-electron chi connectivity index (χ0n) is 5.33. The van der Waals surface area contributed by atoms with Crippen LogP contribution < -0.4 is 0 Å². The van der Waals surface area contributed by atoms with Crippen molar-refractivity contribution in [2.75, 3.05) is 6.26 Å². The van der Waals surface area contributed by atoms with Gasteiger partial charge in [-0.3, -0.25) is 4.21 Å².